The number of hydrogen-bond donors (Lipinski definition) is 0. The Bertz CT molecular complexity index is 1070. The lowest BCUT2D eigenvalue weighted by Gasteiger charge is -2.11. The zero-order chi connectivity index (χ0) is 18.3. The smallest absolute Gasteiger partial charge is 0.363 e. The highest BCUT2D eigenvalue weighted by molar-refractivity contribution is 7.21. The lowest BCUT2D eigenvalue weighted by atomic mass is 10.1. The first-order valence-electron chi connectivity index (χ1n) is 8.00. The number of thiophene rings is 1. The van der Waals surface area contributed by atoms with E-state index in [1.54, 1.807) is 6.08 Å². The van der Waals surface area contributed by atoms with Crippen LogP contribution < -0.4 is 4.90 Å². The molecule has 26 heavy (non-hydrogen) atoms. The molecule has 6 heteroatoms. The summed E-state index contributed by atoms with van der Waals surface area (Å²) in [6, 6.07) is 15.7. The molecule has 2 aromatic carbocycles. The first kappa shape index (κ1) is 16.8. The largest absolute Gasteiger partial charge is 0.401 e. The van der Waals surface area contributed by atoms with Crippen molar-refractivity contribution in [2.24, 2.45) is 4.99 Å². The molecule has 0 saturated carbocycles. The van der Waals surface area contributed by atoms with Crippen molar-refractivity contribution in [3.8, 4) is 0 Å². The Kier molecular flexibility index (Phi) is 4.26. The third kappa shape index (κ3) is 3.00. The maximum Gasteiger partial charge on any atom is 0.363 e. The Morgan fingerprint density at radius 2 is 1.85 bits per heavy atom. The molecule has 4 rings (SSSR count). The molecule has 1 aromatic heterocycles. The lowest BCUT2D eigenvalue weighted by molar-refractivity contribution is -0.129. The average Bonchev–Trinajstić information content (AvgIpc) is 3.16. The molecule has 0 bridgehead atoms. The molecule has 0 amide bonds. The standard InChI is InChI=1S/C20H15ClN2O2S/c1-23(2)13-9-7-12(8-10-13)11-15-20(24)25-19(22-15)18-17(21)14-5-3-4-6-16(14)26-18/h3-11H,1-2H3. The van der Waals surface area contributed by atoms with Gasteiger partial charge in [0.05, 0.1) is 5.02 Å². The van der Waals surface area contributed by atoms with Crippen molar-refractivity contribution in [2.45, 2.75) is 0 Å². The summed E-state index contributed by atoms with van der Waals surface area (Å²) in [6.45, 7) is 0. The van der Waals surface area contributed by atoms with Crippen molar-refractivity contribution in [2.75, 3.05) is 19.0 Å². The first-order chi connectivity index (χ1) is 12.5. The van der Waals surface area contributed by atoms with Gasteiger partial charge in [0.15, 0.2) is 5.70 Å². The highest BCUT2D eigenvalue weighted by atomic mass is 35.5. The van der Waals surface area contributed by atoms with Crippen molar-refractivity contribution >= 4 is 56.7 Å². The number of aliphatic imine (C=N–C) groups is 1. The number of ether oxygens (including phenoxy) is 1. The van der Waals surface area contributed by atoms with Gasteiger partial charge in [-0.05, 0) is 29.8 Å². The second-order valence-corrected chi connectivity index (χ2v) is 7.49. The van der Waals surface area contributed by atoms with E-state index in [0.717, 1.165) is 21.3 Å². The number of rotatable bonds is 3. The molecule has 0 unspecified atom stereocenters. The number of benzene rings is 2. The molecule has 0 aliphatic carbocycles. The van der Waals surface area contributed by atoms with Gasteiger partial charge in [-0.25, -0.2) is 9.79 Å². The van der Waals surface area contributed by atoms with Gasteiger partial charge in [-0.1, -0.05) is 41.9 Å². The predicted molar refractivity (Wildman–Crippen MR) is 108 cm³/mol. The summed E-state index contributed by atoms with van der Waals surface area (Å²) >= 11 is 7.92. The van der Waals surface area contributed by atoms with Crippen LogP contribution in [-0.2, 0) is 9.53 Å². The summed E-state index contributed by atoms with van der Waals surface area (Å²) in [5.41, 5.74) is 2.24. The summed E-state index contributed by atoms with van der Waals surface area (Å²) in [5, 5.41) is 1.50. The number of anilines is 1. The highest BCUT2D eigenvalue weighted by Gasteiger charge is 2.27. The Morgan fingerprint density at radius 1 is 1.12 bits per heavy atom. The Hall–Kier alpha value is -2.63. The van der Waals surface area contributed by atoms with Crippen LogP contribution in [0.2, 0.25) is 5.02 Å². The van der Waals surface area contributed by atoms with E-state index in [2.05, 4.69) is 4.99 Å². The molecule has 0 saturated heterocycles. The number of esters is 1. The third-order valence-corrected chi connectivity index (χ3v) is 5.73. The molecular weight excluding hydrogens is 368 g/mol. The van der Waals surface area contributed by atoms with E-state index in [9.17, 15) is 4.79 Å². The van der Waals surface area contributed by atoms with Gasteiger partial charge in [0, 0.05) is 29.9 Å². The van der Waals surface area contributed by atoms with Gasteiger partial charge < -0.3 is 9.64 Å². The Balaban J connectivity index is 1.69. The number of nitrogens with zero attached hydrogens (tertiary/aromatic N) is 2. The molecule has 1 aliphatic rings. The molecule has 0 spiro atoms. The van der Waals surface area contributed by atoms with E-state index >= 15 is 0 Å². The van der Waals surface area contributed by atoms with Gasteiger partial charge in [0.25, 0.3) is 0 Å². The van der Waals surface area contributed by atoms with Gasteiger partial charge in [0.1, 0.15) is 4.88 Å². The van der Waals surface area contributed by atoms with Crippen molar-refractivity contribution in [1.82, 2.24) is 0 Å². The number of carbonyl (C=O) groups is 1. The Labute approximate surface area is 160 Å². The van der Waals surface area contributed by atoms with Crippen LogP contribution in [0.15, 0.2) is 59.2 Å². The van der Waals surface area contributed by atoms with Gasteiger partial charge in [-0.15, -0.1) is 11.3 Å². The molecule has 2 heterocycles. The number of fused-ring (bicyclic) bond motifs is 1. The van der Waals surface area contributed by atoms with Crippen LogP contribution in [0.25, 0.3) is 16.2 Å². The summed E-state index contributed by atoms with van der Waals surface area (Å²) in [4.78, 5) is 19.3. The number of cyclic esters (lactones) is 1. The molecule has 130 valence electrons. The monoisotopic (exact) mass is 382 g/mol. The van der Waals surface area contributed by atoms with E-state index in [1.165, 1.54) is 11.3 Å². The SMILES string of the molecule is CN(C)c1ccc(C=C2N=C(c3sc4ccccc4c3Cl)OC2=O)cc1. The molecule has 0 atom stereocenters. The van der Waals surface area contributed by atoms with Crippen LogP contribution in [0.4, 0.5) is 5.69 Å². The minimum Gasteiger partial charge on any atom is -0.401 e. The van der Waals surface area contributed by atoms with E-state index in [1.807, 2.05) is 67.5 Å². The third-order valence-electron chi connectivity index (χ3n) is 4.06. The van der Waals surface area contributed by atoms with E-state index in [0.29, 0.717) is 9.90 Å². The Morgan fingerprint density at radius 3 is 2.54 bits per heavy atom. The summed E-state index contributed by atoms with van der Waals surface area (Å²) in [5.74, 6) is -0.206. The quantitative estimate of drug-likeness (QED) is 0.474. The maximum absolute atomic E-state index is 12.2. The van der Waals surface area contributed by atoms with Crippen molar-refractivity contribution in [1.29, 1.82) is 0 Å². The van der Waals surface area contributed by atoms with Gasteiger partial charge in [-0.2, -0.15) is 0 Å². The maximum atomic E-state index is 12.2. The van der Waals surface area contributed by atoms with Crippen molar-refractivity contribution in [3.63, 3.8) is 0 Å². The van der Waals surface area contributed by atoms with E-state index in [-0.39, 0.29) is 11.6 Å². The topological polar surface area (TPSA) is 41.9 Å². The minimum atomic E-state index is -0.467. The van der Waals surface area contributed by atoms with Crippen LogP contribution in [0.3, 0.4) is 0 Å². The fourth-order valence-corrected chi connectivity index (χ4v) is 4.12. The summed E-state index contributed by atoms with van der Waals surface area (Å²) in [6.07, 6.45) is 1.72. The molecule has 1 aliphatic heterocycles. The normalized spacial score (nSPS) is 15.4. The van der Waals surface area contributed by atoms with Crippen LogP contribution in [0.1, 0.15) is 10.4 Å². The fourth-order valence-electron chi connectivity index (χ4n) is 2.68. The number of carbonyl (C=O) groups excluding carboxylic acids is 1. The van der Waals surface area contributed by atoms with Crippen LogP contribution in [-0.4, -0.2) is 26.0 Å². The van der Waals surface area contributed by atoms with Gasteiger partial charge in [0.2, 0.25) is 5.90 Å². The summed E-state index contributed by atoms with van der Waals surface area (Å²) < 4.78 is 6.40. The summed E-state index contributed by atoms with van der Waals surface area (Å²) in [7, 11) is 3.96. The fraction of sp³-hybridized carbons (Fsp3) is 0.100. The minimum absolute atomic E-state index is 0.261. The molecule has 0 N–H and O–H groups in total. The van der Waals surface area contributed by atoms with Crippen LogP contribution in [0, 0.1) is 0 Å². The second-order valence-electron chi connectivity index (χ2n) is 6.06. The van der Waals surface area contributed by atoms with Crippen LogP contribution >= 0.6 is 22.9 Å². The molecule has 3 aromatic rings. The van der Waals surface area contributed by atoms with Gasteiger partial charge >= 0.3 is 5.97 Å². The van der Waals surface area contributed by atoms with Crippen molar-refractivity contribution < 1.29 is 9.53 Å². The zero-order valence-corrected chi connectivity index (χ0v) is 15.8. The molecular formula is C20H15ClN2O2S. The second kappa shape index (κ2) is 6.59. The van der Waals surface area contributed by atoms with E-state index < -0.39 is 5.97 Å². The molecule has 0 radical (unpaired) electrons. The first-order valence-corrected chi connectivity index (χ1v) is 9.20. The molecule has 4 nitrogen and oxygen atoms in total. The highest BCUT2D eigenvalue weighted by Crippen LogP contribution is 2.37. The number of hydrogen-bond acceptors (Lipinski definition) is 5. The lowest BCUT2D eigenvalue weighted by Crippen LogP contribution is -2.08. The van der Waals surface area contributed by atoms with Gasteiger partial charge in [-0.3, -0.25) is 0 Å². The average molecular weight is 383 g/mol. The predicted octanol–water partition coefficient (Wildman–Crippen LogP) is 4.97. The van der Waals surface area contributed by atoms with Crippen molar-refractivity contribution in [3.05, 3.63) is 69.7 Å². The zero-order valence-electron chi connectivity index (χ0n) is 14.2. The molecule has 0 fully saturated rings. The van der Waals surface area contributed by atoms with E-state index in [4.69, 9.17) is 16.3 Å². The number of halogens is 1. The van der Waals surface area contributed by atoms with Crippen LogP contribution in [0.5, 0.6) is 0 Å².